The number of hydrogen-bond donors (Lipinski definition) is 1. The molecule has 0 aliphatic carbocycles. The van der Waals surface area contributed by atoms with E-state index >= 15 is 0 Å². The van der Waals surface area contributed by atoms with Gasteiger partial charge in [-0.3, -0.25) is 14.2 Å². The summed E-state index contributed by atoms with van der Waals surface area (Å²) in [6.07, 6.45) is 5.56. The van der Waals surface area contributed by atoms with Crippen molar-refractivity contribution < 1.29 is 4.79 Å². The second-order valence-electron chi connectivity index (χ2n) is 5.50. The van der Waals surface area contributed by atoms with Crippen molar-refractivity contribution in [3.63, 3.8) is 0 Å². The first-order valence-electron chi connectivity index (χ1n) is 7.45. The van der Waals surface area contributed by atoms with Gasteiger partial charge in [0.25, 0.3) is 5.91 Å². The monoisotopic (exact) mass is 309 g/mol. The highest BCUT2D eigenvalue weighted by Crippen LogP contribution is 2.08. The number of nitrogens with zero attached hydrogens (tertiary/aromatic N) is 4. The zero-order chi connectivity index (χ0) is 16.2. The number of carbonyl (C=O) groups is 1. The first-order valence-corrected chi connectivity index (χ1v) is 7.45. The maximum absolute atomic E-state index is 12.3. The number of aromatic nitrogens is 4. The molecule has 0 radical (unpaired) electrons. The van der Waals surface area contributed by atoms with Crippen molar-refractivity contribution in [2.75, 3.05) is 0 Å². The molecule has 0 spiro atoms. The van der Waals surface area contributed by atoms with Gasteiger partial charge in [-0.2, -0.15) is 10.2 Å². The minimum absolute atomic E-state index is 0.0874. The second-order valence-corrected chi connectivity index (χ2v) is 5.50. The van der Waals surface area contributed by atoms with E-state index in [0.29, 0.717) is 18.7 Å². The molecule has 1 aromatic carbocycles. The molecule has 0 fully saturated rings. The predicted molar refractivity (Wildman–Crippen MR) is 86.9 cm³/mol. The lowest BCUT2D eigenvalue weighted by Gasteiger charge is -2.07. The van der Waals surface area contributed by atoms with Gasteiger partial charge in [0.05, 0.1) is 12.2 Å². The van der Waals surface area contributed by atoms with E-state index in [1.807, 2.05) is 61.4 Å². The highest BCUT2D eigenvalue weighted by atomic mass is 16.1. The average Bonchev–Trinajstić information content (AvgIpc) is 3.14. The summed E-state index contributed by atoms with van der Waals surface area (Å²) in [6, 6.07) is 9.48. The normalized spacial score (nSPS) is 10.7. The van der Waals surface area contributed by atoms with Gasteiger partial charge in [-0.15, -0.1) is 0 Å². The van der Waals surface area contributed by atoms with Crippen molar-refractivity contribution >= 4 is 5.91 Å². The summed E-state index contributed by atoms with van der Waals surface area (Å²) in [6.45, 7) is 3.06. The maximum Gasteiger partial charge on any atom is 0.251 e. The fourth-order valence-electron chi connectivity index (χ4n) is 2.49. The molecule has 23 heavy (non-hydrogen) atoms. The van der Waals surface area contributed by atoms with E-state index < -0.39 is 0 Å². The van der Waals surface area contributed by atoms with Gasteiger partial charge in [0.2, 0.25) is 0 Å². The Labute approximate surface area is 134 Å². The van der Waals surface area contributed by atoms with Crippen molar-refractivity contribution in [2.24, 2.45) is 7.05 Å². The fourth-order valence-corrected chi connectivity index (χ4v) is 2.49. The molecule has 1 N–H and O–H groups in total. The molecule has 2 aromatic heterocycles. The summed E-state index contributed by atoms with van der Waals surface area (Å²) in [7, 11) is 1.87. The minimum Gasteiger partial charge on any atom is -0.348 e. The lowest BCUT2D eigenvalue weighted by atomic mass is 10.1. The Kier molecular flexibility index (Phi) is 4.23. The number of amides is 1. The van der Waals surface area contributed by atoms with Crippen LogP contribution in [0.1, 0.15) is 27.2 Å². The molecule has 2 heterocycles. The molecule has 0 aliphatic heterocycles. The molecular formula is C17H19N5O. The van der Waals surface area contributed by atoms with Crippen LogP contribution in [0.3, 0.4) is 0 Å². The van der Waals surface area contributed by atoms with Crippen LogP contribution in [0.2, 0.25) is 0 Å². The lowest BCUT2D eigenvalue weighted by molar-refractivity contribution is 0.0950. The van der Waals surface area contributed by atoms with E-state index in [9.17, 15) is 4.79 Å². The topological polar surface area (TPSA) is 64.7 Å². The van der Waals surface area contributed by atoms with E-state index in [2.05, 4.69) is 15.5 Å². The van der Waals surface area contributed by atoms with Crippen LogP contribution in [-0.2, 0) is 20.1 Å². The van der Waals surface area contributed by atoms with Crippen LogP contribution < -0.4 is 5.32 Å². The predicted octanol–water partition coefficient (Wildman–Crippen LogP) is 1.90. The average molecular weight is 309 g/mol. The van der Waals surface area contributed by atoms with Gasteiger partial charge in [-0.25, -0.2) is 0 Å². The highest BCUT2D eigenvalue weighted by Gasteiger charge is 2.09. The highest BCUT2D eigenvalue weighted by molar-refractivity contribution is 5.94. The number of aryl methyl sites for hydroxylation is 2. The number of nitrogens with one attached hydrogen (secondary N) is 1. The summed E-state index contributed by atoms with van der Waals surface area (Å²) >= 11 is 0. The molecule has 3 rings (SSSR count). The van der Waals surface area contributed by atoms with Gasteiger partial charge in [-0.1, -0.05) is 12.1 Å². The van der Waals surface area contributed by atoms with Crippen LogP contribution in [0.5, 0.6) is 0 Å². The molecule has 3 aromatic rings. The van der Waals surface area contributed by atoms with E-state index in [1.54, 1.807) is 10.9 Å². The number of rotatable bonds is 5. The van der Waals surface area contributed by atoms with Crippen LogP contribution in [0.25, 0.3) is 0 Å². The summed E-state index contributed by atoms with van der Waals surface area (Å²) in [4.78, 5) is 12.3. The Morgan fingerprint density at radius 3 is 2.87 bits per heavy atom. The Bertz CT molecular complexity index is 804. The molecule has 1 amide bonds. The summed E-state index contributed by atoms with van der Waals surface area (Å²) in [5.74, 6) is -0.0874. The maximum atomic E-state index is 12.3. The molecule has 0 bridgehead atoms. The van der Waals surface area contributed by atoms with Crippen LogP contribution >= 0.6 is 0 Å². The molecule has 0 unspecified atom stereocenters. The lowest BCUT2D eigenvalue weighted by Crippen LogP contribution is -2.23. The summed E-state index contributed by atoms with van der Waals surface area (Å²) in [5, 5.41) is 11.4. The Balaban J connectivity index is 1.66. The molecular weight excluding hydrogens is 290 g/mol. The van der Waals surface area contributed by atoms with Gasteiger partial charge >= 0.3 is 0 Å². The minimum atomic E-state index is -0.0874. The third-order valence-electron chi connectivity index (χ3n) is 3.65. The van der Waals surface area contributed by atoms with Crippen LogP contribution in [-0.4, -0.2) is 25.5 Å². The van der Waals surface area contributed by atoms with E-state index in [1.165, 1.54) is 0 Å². The van der Waals surface area contributed by atoms with Gasteiger partial charge in [0.15, 0.2) is 0 Å². The SMILES string of the molecule is Cc1nn(C)cc1CNC(=O)c1cccc(Cn2cccn2)c1. The molecule has 6 nitrogen and oxygen atoms in total. The van der Waals surface area contributed by atoms with Crippen molar-refractivity contribution in [1.29, 1.82) is 0 Å². The largest absolute Gasteiger partial charge is 0.348 e. The van der Waals surface area contributed by atoms with Gasteiger partial charge in [0.1, 0.15) is 0 Å². The Morgan fingerprint density at radius 1 is 1.30 bits per heavy atom. The van der Waals surface area contributed by atoms with Crippen LogP contribution in [0, 0.1) is 6.92 Å². The molecule has 0 atom stereocenters. The smallest absolute Gasteiger partial charge is 0.251 e. The summed E-state index contributed by atoms with van der Waals surface area (Å²) < 4.78 is 3.58. The van der Waals surface area contributed by atoms with Crippen molar-refractivity contribution in [1.82, 2.24) is 24.9 Å². The van der Waals surface area contributed by atoms with Gasteiger partial charge < -0.3 is 5.32 Å². The van der Waals surface area contributed by atoms with Crippen LogP contribution in [0.15, 0.2) is 48.9 Å². The summed E-state index contributed by atoms with van der Waals surface area (Å²) in [5.41, 5.74) is 3.64. The van der Waals surface area contributed by atoms with Gasteiger partial charge in [0, 0.05) is 43.3 Å². The number of carbonyl (C=O) groups excluding carboxylic acids is 1. The number of benzene rings is 1. The van der Waals surface area contributed by atoms with Crippen molar-refractivity contribution in [3.8, 4) is 0 Å². The van der Waals surface area contributed by atoms with Crippen molar-refractivity contribution in [3.05, 3.63) is 71.3 Å². The first kappa shape index (κ1) is 15.0. The molecule has 0 aliphatic rings. The zero-order valence-electron chi connectivity index (χ0n) is 13.2. The fraction of sp³-hybridized carbons (Fsp3) is 0.235. The third kappa shape index (κ3) is 3.66. The quantitative estimate of drug-likeness (QED) is 0.783. The second kappa shape index (κ2) is 6.48. The van der Waals surface area contributed by atoms with Crippen molar-refractivity contribution in [2.45, 2.75) is 20.0 Å². The number of hydrogen-bond acceptors (Lipinski definition) is 3. The van der Waals surface area contributed by atoms with E-state index in [-0.39, 0.29) is 5.91 Å². The van der Waals surface area contributed by atoms with Gasteiger partial charge in [-0.05, 0) is 30.7 Å². The van der Waals surface area contributed by atoms with E-state index in [0.717, 1.165) is 16.8 Å². The van der Waals surface area contributed by atoms with Crippen LogP contribution in [0.4, 0.5) is 0 Å². The molecule has 118 valence electrons. The molecule has 0 saturated heterocycles. The Morgan fingerprint density at radius 2 is 2.17 bits per heavy atom. The standard InChI is InChI=1S/C17H19N5O/c1-13-16(12-21(2)20-13)10-18-17(23)15-6-3-5-14(9-15)11-22-8-4-7-19-22/h3-9,12H,10-11H2,1-2H3,(H,18,23). The first-order chi connectivity index (χ1) is 11.1. The Hall–Kier alpha value is -2.89. The molecule has 6 heteroatoms. The van der Waals surface area contributed by atoms with E-state index in [4.69, 9.17) is 0 Å². The third-order valence-corrected chi connectivity index (χ3v) is 3.65. The molecule has 0 saturated carbocycles. The zero-order valence-corrected chi connectivity index (χ0v) is 13.2.